The normalized spacial score (nSPS) is 27.2. The quantitative estimate of drug-likeness (QED) is 0.335. The van der Waals surface area contributed by atoms with Gasteiger partial charge in [0.05, 0.1) is 38.6 Å². The van der Waals surface area contributed by atoms with Gasteiger partial charge in [-0.2, -0.15) is 0 Å². The van der Waals surface area contributed by atoms with Crippen LogP contribution in [0.1, 0.15) is 39.5 Å². The Morgan fingerprint density at radius 2 is 1.35 bits per heavy atom. The van der Waals surface area contributed by atoms with Crippen LogP contribution < -0.4 is 0 Å². The van der Waals surface area contributed by atoms with Gasteiger partial charge in [-0.15, -0.1) is 0 Å². The average molecular weight is 244 g/mol. The Bertz CT molecular complexity index is 199. The summed E-state index contributed by atoms with van der Waals surface area (Å²) < 4.78 is 21.7. The van der Waals surface area contributed by atoms with Crippen LogP contribution in [0.25, 0.3) is 0 Å². The zero-order valence-corrected chi connectivity index (χ0v) is 10.9. The summed E-state index contributed by atoms with van der Waals surface area (Å²) in [5.74, 6) is -0.463. The second-order valence-electron chi connectivity index (χ2n) is 5.29. The molecule has 2 aliphatic rings. The van der Waals surface area contributed by atoms with Crippen LogP contribution in [0.4, 0.5) is 0 Å². The average Bonchev–Trinajstić information content (AvgIpc) is 3.13. The van der Waals surface area contributed by atoms with Crippen LogP contribution in [0, 0.1) is 0 Å². The van der Waals surface area contributed by atoms with Crippen molar-refractivity contribution in [2.75, 3.05) is 26.4 Å². The smallest absolute Gasteiger partial charge is 0.162 e. The molecule has 0 aliphatic carbocycles. The molecule has 4 heteroatoms. The highest BCUT2D eigenvalue weighted by atomic mass is 16.7. The van der Waals surface area contributed by atoms with Crippen molar-refractivity contribution >= 4 is 0 Å². The Morgan fingerprint density at radius 3 is 1.71 bits per heavy atom. The number of ether oxygens (including phenoxy) is 4. The van der Waals surface area contributed by atoms with Gasteiger partial charge in [0.1, 0.15) is 0 Å². The van der Waals surface area contributed by atoms with Crippen LogP contribution in [-0.2, 0) is 18.9 Å². The second-order valence-corrected chi connectivity index (χ2v) is 5.29. The van der Waals surface area contributed by atoms with E-state index in [1.165, 1.54) is 0 Å². The van der Waals surface area contributed by atoms with Crippen LogP contribution in [0.15, 0.2) is 0 Å². The van der Waals surface area contributed by atoms with E-state index in [0.29, 0.717) is 12.2 Å². The fraction of sp³-hybridized carbons (Fsp3) is 1.00. The Hall–Kier alpha value is -0.160. The molecule has 2 aliphatic heterocycles. The summed E-state index contributed by atoms with van der Waals surface area (Å²) in [6.07, 6.45) is 5.31. The molecule has 0 amide bonds. The van der Waals surface area contributed by atoms with Gasteiger partial charge in [0, 0.05) is 0 Å². The second kappa shape index (κ2) is 6.14. The number of hydrogen-bond acceptors (Lipinski definition) is 4. The summed E-state index contributed by atoms with van der Waals surface area (Å²) in [6, 6.07) is 0. The third-order valence-corrected chi connectivity index (χ3v) is 3.04. The number of rotatable bonds is 10. The van der Waals surface area contributed by atoms with E-state index in [2.05, 4.69) is 0 Å². The first-order valence-corrected chi connectivity index (χ1v) is 6.67. The maximum Gasteiger partial charge on any atom is 0.162 e. The predicted molar refractivity (Wildman–Crippen MR) is 63.9 cm³/mol. The SMILES string of the molecule is CC(C)(OCCCC1CO1)OCCCC1CO1. The van der Waals surface area contributed by atoms with Crippen molar-refractivity contribution in [1.82, 2.24) is 0 Å². The third-order valence-electron chi connectivity index (χ3n) is 3.04. The Kier molecular flexibility index (Phi) is 4.79. The molecule has 2 saturated heterocycles. The minimum absolute atomic E-state index is 0.463. The zero-order valence-electron chi connectivity index (χ0n) is 10.9. The van der Waals surface area contributed by atoms with E-state index >= 15 is 0 Å². The van der Waals surface area contributed by atoms with E-state index in [9.17, 15) is 0 Å². The minimum atomic E-state index is -0.463. The van der Waals surface area contributed by atoms with Gasteiger partial charge < -0.3 is 18.9 Å². The van der Waals surface area contributed by atoms with Gasteiger partial charge in [0.25, 0.3) is 0 Å². The maximum absolute atomic E-state index is 5.72. The predicted octanol–water partition coefficient (Wildman–Crippen LogP) is 2.11. The number of epoxide rings is 2. The van der Waals surface area contributed by atoms with Crippen molar-refractivity contribution in [3.63, 3.8) is 0 Å². The van der Waals surface area contributed by atoms with Crippen molar-refractivity contribution in [3.8, 4) is 0 Å². The highest BCUT2D eigenvalue weighted by Crippen LogP contribution is 2.19. The van der Waals surface area contributed by atoms with Crippen molar-refractivity contribution in [2.45, 2.75) is 57.5 Å². The molecular formula is C13H24O4. The summed E-state index contributed by atoms with van der Waals surface area (Å²) >= 11 is 0. The fourth-order valence-electron chi connectivity index (χ4n) is 1.77. The summed E-state index contributed by atoms with van der Waals surface area (Å²) in [7, 11) is 0. The van der Waals surface area contributed by atoms with Gasteiger partial charge in [-0.05, 0) is 39.5 Å². The lowest BCUT2D eigenvalue weighted by Crippen LogP contribution is -2.29. The lowest BCUT2D eigenvalue weighted by atomic mass is 10.2. The zero-order chi connectivity index (χ0) is 12.1. The molecule has 2 rings (SSSR count). The highest BCUT2D eigenvalue weighted by Gasteiger charge is 2.24. The molecule has 2 atom stereocenters. The molecule has 0 aromatic rings. The lowest BCUT2D eigenvalue weighted by molar-refractivity contribution is -0.214. The molecule has 0 bridgehead atoms. The van der Waals surface area contributed by atoms with E-state index in [0.717, 1.165) is 52.1 Å². The molecule has 0 saturated carbocycles. The Morgan fingerprint density at radius 1 is 0.941 bits per heavy atom. The molecular weight excluding hydrogens is 220 g/mol. The molecule has 2 fully saturated rings. The van der Waals surface area contributed by atoms with E-state index in [1.807, 2.05) is 13.8 Å². The molecule has 0 N–H and O–H groups in total. The first-order valence-electron chi connectivity index (χ1n) is 6.67. The fourth-order valence-corrected chi connectivity index (χ4v) is 1.77. The molecule has 2 heterocycles. The molecule has 0 aromatic carbocycles. The minimum Gasteiger partial charge on any atom is -0.373 e. The van der Waals surface area contributed by atoms with Crippen molar-refractivity contribution in [3.05, 3.63) is 0 Å². The summed E-state index contributed by atoms with van der Waals surface area (Å²) in [6.45, 7) is 7.33. The molecule has 4 nitrogen and oxygen atoms in total. The summed E-state index contributed by atoms with van der Waals surface area (Å²) in [4.78, 5) is 0. The van der Waals surface area contributed by atoms with Gasteiger partial charge in [-0.3, -0.25) is 0 Å². The van der Waals surface area contributed by atoms with Gasteiger partial charge in [0.15, 0.2) is 5.79 Å². The van der Waals surface area contributed by atoms with E-state index in [1.54, 1.807) is 0 Å². The van der Waals surface area contributed by atoms with Crippen molar-refractivity contribution < 1.29 is 18.9 Å². The highest BCUT2D eigenvalue weighted by molar-refractivity contribution is 4.69. The van der Waals surface area contributed by atoms with Gasteiger partial charge in [-0.1, -0.05) is 0 Å². The monoisotopic (exact) mass is 244 g/mol. The van der Waals surface area contributed by atoms with Crippen LogP contribution in [-0.4, -0.2) is 44.4 Å². The topological polar surface area (TPSA) is 43.5 Å². The van der Waals surface area contributed by atoms with Crippen LogP contribution in [0.5, 0.6) is 0 Å². The van der Waals surface area contributed by atoms with Crippen molar-refractivity contribution in [2.24, 2.45) is 0 Å². The molecule has 0 spiro atoms. The van der Waals surface area contributed by atoms with Gasteiger partial charge >= 0.3 is 0 Å². The summed E-state index contributed by atoms with van der Waals surface area (Å²) in [5, 5.41) is 0. The molecule has 0 radical (unpaired) electrons. The van der Waals surface area contributed by atoms with Crippen molar-refractivity contribution in [1.29, 1.82) is 0 Å². The van der Waals surface area contributed by atoms with E-state index in [-0.39, 0.29) is 0 Å². The molecule has 100 valence electrons. The van der Waals surface area contributed by atoms with Crippen LogP contribution >= 0.6 is 0 Å². The lowest BCUT2D eigenvalue weighted by Gasteiger charge is -2.25. The summed E-state index contributed by atoms with van der Waals surface area (Å²) in [5.41, 5.74) is 0. The third kappa shape index (κ3) is 6.36. The van der Waals surface area contributed by atoms with Gasteiger partial charge in [-0.25, -0.2) is 0 Å². The first-order chi connectivity index (χ1) is 8.16. The Balaban J connectivity index is 1.43. The van der Waals surface area contributed by atoms with E-state index < -0.39 is 5.79 Å². The number of hydrogen-bond donors (Lipinski definition) is 0. The van der Waals surface area contributed by atoms with Crippen LogP contribution in [0.2, 0.25) is 0 Å². The molecule has 17 heavy (non-hydrogen) atoms. The first kappa shape index (κ1) is 13.3. The Labute approximate surface area is 104 Å². The maximum atomic E-state index is 5.72. The largest absolute Gasteiger partial charge is 0.373 e. The standard InChI is InChI=1S/C13H24O4/c1-13(2,16-7-3-5-11-9-14-11)17-8-4-6-12-10-15-12/h11-12H,3-10H2,1-2H3. The van der Waals surface area contributed by atoms with Crippen LogP contribution in [0.3, 0.4) is 0 Å². The molecule has 2 unspecified atom stereocenters. The molecule has 0 aromatic heterocycles. The van der Waals surface area contributed by atoms with E-state index in [4.69, 9.17) is 18.9 Å². The van der Waals surface area contributed by atoms with Gasteiger partial charge in [0.2, 0.25) is 0 Å².